The first-order chi connectivity index (χ1) is 14.5. The Morgan fingerprint density at radius 3 is 2.73 bits per heavy atom. The van der Waals surface area contributed by atoms with Crippen molar-refractivity contribution in [1.29, 1.82) is 0 Å². The van der Waals surface area contributed by atoms with Gasteiger partial charge in [-0.3, -0.25) is 14.2 Å². The van der Waals surface area contributed by atoms with Gasteiger partial charge in [0.2, 0.25) is 5.91 Å². The average molecular weight is 442 g/mol. The summed E-state index contributed by atoms with van der Waals surface area (Å²) in [4.78, 5) is 32.9. The summed E-state index contributed by atoms with van der Waals surface area (Å²) in [7, 11) is 0. The van der Waals surface area contributed by atoms with Crippen molar-refractivity contribution in [1.82, 2.24) is 14.9 Å². The Morgan fingerprint density at radius 1 is 1.20 bits per heavy atom. The molecule has 1 amide bonds. The predicted molar refractivity (Wildman–Crippen MR) is 125 cm³/mol. The molecule has 0 saturated heterocycles. The summed E-state index contributed by atoms with van der Waals surface area (Å²) in [5.74, 6) is 0.602. The maximum Gasteiger partial charge on any atom is 0.267 e. The molecule has 0 aliphatic heterocycles. The van der Waals surface area contributed by atoms with E-state index in [1.54, 1.807) is 15.9 Å². The molecule has 30 heavy (non-hydrogen) atoms. The molecule has 4 rings (SSSR count). The van der Waals surface area contributed by atoms with Gasteiger partial charge >= 0.3 is 0 Å². The van der Waals surface area contributed by atoms with Gasteiger partial charge in [0.05, 0.1) is 16.8 Å². The summed E-state index contributed by atoms with van der Waals surface area (Å²) in [5, 5.41) is 4.29. The fraction of sp³-hybridized carbons (Fsp3) is 0.435. The SMILES string of the molecule is CC(C)CNC(=O)CSc1nc2sc3c(c2c(=O)n1-c1ccccc1)CCCCC3. The number of aromatic nitrogens is 2. The normalized spacial score (nSPS) is 14.0. The van der Waals surface area contributed by atoms with Crippen molar-refractivity contribution in [3.63, 3.8) is 0 Å². The first kappa shape index (κ1) is 21.1. The number of hydrogen-bond acceptors (Lipinski definition) is 5. The lowest BCUT2D eigenvalue weighted by Gasteiger charge is -2.13. The van der Waals surface area contributed by atoms with E-state index in [1.165, 1.54) is 35.0 Å². The Balaban J connectivity index is 1.76. The molecule has 1 aliphatic carbocycles. The number of para-hydroxylation sites is 1. The molecule has 0 saturated carbocycles. The summed E-state index contributed by atoms with van der Waals surface area (Å²) in [5.41, 5.74) is 1.96. The van der Waals surface area contributed by atoms with E-state index in [2.05, 4.69) is 19.2 Å². The molecule has 2 heterocycles. The molecule has 1 aliphatic rings. The van der Waals surface area contributed by atoms with Crippen molar-refractivity contribution in [2.24, 2.45) is 5.92 Å². The Kier molecular flexibility index (Phi) is 6.58. The molecule has 2 aromatic heterocycles. The second-order valence-electron chi connectivity index (χ2n) is 8.10. The Morgan fingerprint density at radius 2 is 1.97 bits per heavy atom. The van der Waals surface area contributed by atoms with Gasteiger partial charge < -0.3 is 5.32 Å². The van der Waals surface area contributed by atoms with Crippen LogP contribution in [0.2, 0.25) is 0 Å². The van der Waals surface area contributed by atoms with Crippen molar-refractivity contribution in [3.8, 4) is 5.69 Å². The fourth-order valence-corrected chi connectivity index (χ4v) is 5.91. The van der Waals surface area contributed by atoms with Crippen LogP contribution in [-0.2, 0) is 17.6 Å². The number of aryl methyl sites for hydroxylation is 2. The number of nitrogens with one attached hydrogen (secondary N) is 1. The van der Waals surface area contributed by atoms with Crippen LogP contribution in [0.15, 0.2) is 40.3 Å². The zero-order valence-electron chi connectivity index (χ0n) is 17.4. The lowest BCUT2D eigenvalue weighted by Crippen LogP contribution is -2.29. The van der Waals surface area contributed by atoms with Crippen molar-refractivity contribution < 1.29 is 4.79 Å². The zero-order chi connectivity index (χ0) is 21.1. The maximum absolute atomic E-state index is 13.7. The summed E-state index contributed by atoms with van der Waals surface area (Å²) in [6, 6.07) is 9.61. The third-order valence-electron chi connectivity index (χ3n) is 5.26. The minimum absolute atomic E-state index is 0.0179. The number of thiophene rings is 1. The van der Waals surface area contributed by atoms with Crippen LogP contribution in [0.25, 0.3) is 15.9 Å². The highest BCUT2D eigenvalue weighted by atomic mass is 32.2. The molecule has 158 valence electrons. The molecular weight excluding hydrogens is 414 g/mol. The van der Waals surface area contributed by atoms with Crippen LogP contribution >= 0.6 is 23.1 Å². The molecule has 1 N–H and O–H groups in total. The summed E-state index contributed by atoms with van der Waals surface area (Å²) in [6.07, 6.45) is 5.48. The van der Waals surface area contributed by atoms with Crippen LogP contribution in [0.1, 0.15) is 43.6 Å². The lowest BCUT2D eigenvalue weighted by atomic mass is 10.1. The summed E-state index contributed by atoms with van der Waals surface area (Å²) in [6.45, 7) is 4.78. The number of carbonyl (C=O) groups excluding carboxylic acids is 1. The van der Waals surface area contributed by atoms with Gasteiger partial charge in [-0.05, 0) is 49.3 Å². The number of nitrogens with zero attached hydrogens (tertiary/aromatic N) is 2. The number of thioether (sulfide) groups is 1. The van der Waals surface area contributed by atoms with Crippen LogP contribution in [-0.4, -0.2) is 27.8 Å². The number of amides is 1. The Hall–Kier alpha value is -2.12. The van der Waals surface area contributed by atoms with E-state index < -0.39 is 0 Å². The van der Waals surface area contributed by atoms with Gasteiger partial charge in [-0.2, -0.15) is 0 Å². The number of fused-ring (bicyclic) bond motifs is 3. The Labute approximate surface area is 184 Å². The molecule has 0 bridgehead atoms. The maximum atomic E-state index is 13.7. The Bertz CT molecular complexity index is 1100. The smallest absolute Gasteiger partial charge is 0.267 e. The minimum atomic E-state index is -0.0374. The number of carbonyl (C=O) groups is 1. The van der Waals surface area contributed by atoms with Gasteiger partial charge in [0.25, 0.3) is 5.56 Å². The summed E-state index contributed by atoms with van der Waals surface area (Å²) >= 11 is 2.98. The first-order valence-corrected chi connectivity index (χ1v) is 12.4. The van der Waals surface area contributed by atoms with Crippen LogP contribution < -0.4 is 10.9 Å². The highest BCUT2D eigenvalue weighted by molar-refractivity contribution is 7.99. The van der Waals surface area contributed by atoms with Crippen LogP contribution in [0.5, 0.6) is 0 Å². The third kappa shape index (κ3) is 4.47. The molecular formula is C23H27N3O2S2. The van der Waals surface area contributed by atoms with Gasteiger partial charge in [-0.1, -0.05) is 50.2 Å². The highest BCUT2D eigenvalue weighted by Crippen LogP contribution is 2.34. The predicted octanol–water partition coefficient (Wildman–Crippen LogP) is 4.58. The van der Waals surface area contributed by atoms with Crippen molar-refractivity contribution in [3.05, 3.63) is 51.1 Å². The molecule has 1 aromatic carbocycles. The molecule has 0 unspecified atom stereocenters. The van der Waals surface area contributed by atoms with Crippen molar-refractivity contribution in [2.75, 3.05) is 12.3 Å². The monoisotopic (exact) mass is 441 g/mol. The molecule has 0 spiro atoms. The number of benzene rings is 1. The van der Waals surface area contributed by atoms with E-state index in [4.69, 9.17) is 4.98 Å². The molecule has 0 fully saturated rings. The van der Waals surface area contributed by atoms with E-state index in [0.29, 0.717) is 17.6 Å². The summed E-state index contributed by atoms with van der Waals surface area (Å²) < 4.78 is 1.68. The van der Waals surface area contributed by atoms with Gasteiger partial charge in [0.1, 0.15) is 4.83 Å². The largest absolute Gasteiger partial charge is 0.355 e. The quantitative estimate of drug-likeness (QED) is 0.345. The average Bonchev–Trinajstić information content (AvgIpc) is 2.92. The molecule has 5 nitrogen and oxygen atoms in total. The van der Waals surface area contributed by atoms with Gasteiger partial charge in [-0.15, -0.1) is 11.3 Å². The molecule has 0 atom stereocenters. The second kappa shape index (κ2) is 9.35. The standard InChI is InChI=1S/C23H27N3O2S2/c1-15(2)13-24-19(27)14-29-23-25-21-20(17-11-7-4-8-12-18(17)30-21)22(28)26(23)16-9-5-3-6-10-16/h3,5-6,9-10,15H,4,7-8,11-14H2,1-2H3,(H,24,27). The highest BCUT2D eigenvalue weighted by Gasteiger charge is 2.22. The van der Waals surface area contributed by atoms with E-state index in [0.717, 1.165) is 35.2 Å². The number of hydrogen-bond donors (Lipinski definition) is 1. The van der Waals surface area contributed by atoms with Crippen molar-refractivity contribution in [2.45, 2.75) is 51.1 Å². The topological polar surface area (TPSA) is 64.0 Å². The minimum Gasteiger partial charge on any atom is -0.355 e. The second-order valence-corrected chi connectivity index (χ2v) is 10.1. The van der Waals surface area contributed by atoms with Gasteiger partial charge in [0, 0.05) is 11.4 Å². The fourth-order valence-electron chi connectivity index (χ4n) is 3.76. The third-order valence-corrected chi connectivity index (χ3v) is 7.39. The zero-order valence-corrected chi connectivity index (χ0v) is 19.1. The molecule has 7 heteroatoms. The number of rotatable bonds is 6. The van der Waals surface area contributed by atoms with E-state index in [1.807, 2.05) is 30.3 Å². The van der Waals surface area contributed by atoms with E-state index in [9.17, 15) is 9.59 Å². The van der Waals surface area contributed by atoms with E-state index in [-0.39, 0.29) is 17.2 Å². The van der Waals surface area contributed by atoms with Crippen LogP contribution in [0.3, 0.4) is 0 Å². The van der Waals surface area contributed by atoms with E-state index >= 15 is 0 Å². The van der Waals surface area contributed by atoms with Crippen molar-refractivity contribution >= 4 is 39.2 Å². The van der Waals surface area contributed by atoms with Crippen LogP contribution in [0.4, 0.5) is 0 Å². The molecule has 0 radical (unpaired) electrons. The molecule has 3 aromatic rings. The first-order valence-electron chi connectivity index (χ1n) is 10.6. The van der Waals surface area contributed by atoms with Gasteiger partial charge in [0.15, 0.2) is 5.16 Å². The van der Waals surface area contributed by atoms with Crippen LogP contribution in [0, 0.1) is 5.92 Å². The lowest BCUT2D eigenvalue weighted by molar-refractivity contribution is -0.118. The van der Waals surface area contributed by atoms with Gasteiger partial charge in [-0.25, -0.2) is 4.98 Å².